The van der Waals surface area contributed by atoms with Gasteiger partial charge in [0.2, 0.25) is 0 Å². The van der Waals surface area contributed by atoms with Gasteiger partial charge < -0.3 is 5.11 Å². The third-order valence-electron chi connectivity index (χ3n) is 2.29. The minimum absolute atomic E-state index is 0.138. The van der Waals surface area contributed by atoms with Crippen LogP contribution in [-0.4, -0.2) is 27.4 Å². The second-order valence-corrected chi connectivity index (χ2v) is 5.63. The second-order valence-electron chi connectivity index (χ2n) is 3.20. The molecule has 1 saturated carbocycles. The van der Waals surface area contributed by atoms with Gasteiger partial charge in [-0.15, -0.1) is 0 Å². The molecule has 1 N–H and O–H groups in total. The number of carbonyl (C=O) groups is 1. The van der Waals surface area contributed by atoms with Gasteiger partial charge in [-0.2, -0.15) is 11.8 Å². The third kappa shape index (κ3) is 2.66. The molecule has 12 heavy (non-hydrogen) atoms. The summed E-state index contributed by atoms with van der Waals surface area (Å²) in [6, 6.07) is 0. The Morgan fingerprint density at radius 1 is 1.50 bits per heavy atom. The molecule has 1 aliphatic carbocycles. The van der Waals surface area contributed by atoms with Crippen LogP contribution < -0.4 is 0 Å². The number of hydrogen-bond acceptors (Lipinski definition) is 2. The third-order valence-corrected chi connectivity index (χ3v) is 4.09. The summed E-state index contributed by atoms with van der Waals surface area (Å²) in [5, 5.41) is 9.36. The lowest BCUT2D eigenvalue weighted by Gasteiger charge is -2.28. The van der Waals surface area contributed by atoms with E-state index >= 15 is 0 Å². The maximum Gasteiger partial charge on any atom is 0.306 e. The predicted octanol–water partition coefficient (Wildman–Crippen LogP) is 2.37. The quantitative estimate of drug-likeness (QED) is 0.767. The van der Waals surface area contributed by atoms with Gasteiger partial charge in [0.1, 0.15) is 0 Å². The van der Waals surface area contributed by atoms with E-state index in [1.54, 1.807) is 11.8 Å². The predicted molar refractivity (Wildman–Crippen MR) is 55.0 cm³/mol. The Bertz CT molecular complexity index is 174. The number of aliphatic carboxylic acids is 1. The van der Waals surface area contributed by atoms with Crippen LogP contribution in [0, 0.1) is 5.92 Å². The van der Waals surface area contributed by atoms with Crippen LogP contribution in [0.15, 0.2) is 0 Å². The van der Waals surface area contributed by atoms with E-state index < -0.39 is 5.97 Å². The zero-order valence-electron chi connectivity index (χ0n) is 7.00. The summed E-state index contributed by atoms with van der Waals surface area (Å²) in [5.74, 6) is -0.779. The number of halogens is 1. The van der Waals surface area contributed by atoms with Crippen LogP contribution in [0.5, 0.6) is 0 Å². The van der Waals surface area contributed by atoms with Crippen LogP contribution in [-0.2, 0) is 4.79 Å². The van der Waals surface area contributed by atoms with Gasteiger partial charge in [0.15, 0.2) is 0 Å². The topological polar surface area (TPSA) is 37.3 Å². The first kappa shape index (κ1) is 10.4. The first-order chi connectivity index (χ1) is 5.63. The number of thioether (sulfide) groups is 1. The van der Waals surface area contributed by atoms with Crippen LogP contribution in [0.3, 0.4) is 0 Å². The van der Waals surface area contributed by atoms with Crippen molar-refractivity contribution >= 4 is 33.7 Å². The maximum atomic E-state index is 10.7. The number of carboxylic acids is 1. The lowest BCUT2D eigenvalue weighted by Crippen LogP contribution is -2.29. The van der Waals surface area contributed by atoms with Gasteiger partial charge in [0, 0.05) is 10.1 Å². The molecule has 0 aromatic carbocycles. The fourth-order valence-corrected chi connectivity index (χ4v) is 3.59. The lowest BCUT2D eigenvalue weighted by atomic mass is 9.89. The van der Waals surface area contributed by atoms with Gasteiger partial charge in [-0.05, 0) is 25.5 Å². The van der Waals surface area contributed by atoms with E-state index in [-0.39, 0.29) is 5.92 Å². The standard InChI is InChI=1S/C8H13BrO2S/c1-12-7-3-5(8(10)11)2-6(9)4-7/h5-7H,2-4H2,1H3,(H,10,11). The maximum absolute atomic E-state index is 10.7. The van der Waals surface area contributed by atoms with Crippen molar-refractivity contribution in [1.29, 1.82) is 0 Å². The van der Waals surface area contributed by atoms with E-state index in [2.05, 4.69) is 22.2 Å². The van der Waals surface area contributed by atoms with Crippen molar-refractivity contribution in [3.63, 3.8) is 0 Å². The molecule has 0 saturated heterocycles. The molecule has 4 heteroatoms. The fourth-order valence-electron chi connectivity index (χ4n) is 1.59. The Labute approximate surface area is 85.2 Å². The minimum atomic E-state index is -0.641. The average molecular weight is 253 g/mol. The van der Waals surface area contributed by atoms with Crippen LogP contribution in [0.25, 0.3) is 0 Å². The summed E-state index contributed by atoms with van der Waals surface area (Å²) in [7, 11) is 0. The monoisotopic (exact) mass is 252 g/mol. The SMILES string of the molecule is CSC1CC(Br)CC(C(=O)O)C1. The Kier molecular flexibility index (Phi) is 3.90. The molecule has 3 atom stereocenters. The number of hydrogen-bond donors (Lipinski definition) is 1. The highest BCUT2D eigenvalue weighted by atomic mass is 79.9. The highest BCUT2D eigenvalue weighted by Crippen LogP contribution is 2.34. The zero-order chi connectivity index (χ0) is 9.14. The van der Waals surface area contributed by atoms with Gasteiger partial charge >= 0.3 is 5.97 Å². The number of alkyl halides is 1. The first-order valence-electron chi connectivity index (χ1n) is 4.03. The summed E-state index contributed by atoms with van der Waals surface area (Å²) in [6.07, 6.45) is 4.77. The molecule has 0 aliphatic heterocycles. The van der Waals surface area contributed by atoms with Crippen LogP contribution >= 0.6 is 27.7 Å². The highest BCUT2D eigenvalue weighted by Gasteiger charge is 2.30. The fraction of sp³-hybridized carbons (Fsp3) is 0.875. The number of rotatable bonds is 2. The van der Waals surface area contributed by atoms with E-state index in [1.165, 1.54) is 0 Å². The minimum Gasteiger partial charge on any atom is -0.481 e. The Morgan fingerprint density at radius 2 is 2.17 bits per heavy atom. The zero-order valence-corrected chi connectivity index (χ0v) is 9.40. The highest BCUT2D eigenvalue weighted by molar-refractivity contribution is 9.09. The summed E-state index contributed by atoms with van der Waals surface area (Å²) < 4.78 is 0. The second kappa shape index (κ2) is 4.51. The molecule has 1 fully saturated rings. The van der Waals surface area contributed by atoms with Gasteiger partial charge in [-0.3, -0.25) is 4.79 Å². The van der Waals surface area contributed by atoms with Crippen LogP contribution in [0.4, 0.5) is 0 Å². The molecule has 0 radical (unpaired) electrons. The van der Waals surface area contributed by atoms with Crippen molar-refractivity contribution in [1.82, 2.24) is 0 Å². The van der Waals surface area contributed by atoms with Crippen molar-refractivity contribution in [2.24, 2.45) is 5.92 Å². The van der Waals surface area contributed by atoms with Crippen LogP contribution in [0.1, 0.15) is 19.3 Å². The molecule has 0 amide bonds. The summed E-state index contributed by atoms with van der Waals surface area (Å²) in [6.45, 7) is 0. The molecule has 3 unspecified atom stereocenters. The molecule has 1 rings (SSSR count). The number of carboxylic acid groups (broad SMARTS) is 1. The lowest BCUT2D eigenvalue weighted by molar-refractivity contribution is -0.142. The van der Waals surface area contributed by atoms with Crippen molar-refractivity contribution in [3.8, 4) is 0 Å². The van der Waals surface area contributed by atoms with E-state index in [0.717, 1.165) is 19.3 Å². The molecule has 0 spiro atoms. The Morgan fingerprint density at radius 3 is 2.67 bits per heavy atom. The van der Waals surface area contributed by atoms with Gasteiger partial charge in [0.25, 0.3) is 0 Å². The molecule has 2 nitrogen and oxygen atoms in total. The van der Waals surface area contributed by atoms with Crippen molar-refractivity contribution < 1.29 is 9.90 Å². The first-order valence-corrected chi connectivity index (χ1v) is 6.23. The molecule has 70 valence electrons. The molecule has 1 aliphatic rings. The molecule has 0 heterocycles. The Hall–Kier alpha value is 0.300. The average Bonchev–Trinajstić information content (AvgIpc) is 2.03. The summed E-state index contributed by atoms with van der Waals surface area (Å²) in [4.78, 5) is 11.1. The smallest absolute Gasteiger partial charge is 0.306 e. The normalized spacial score (nSPS) is 36.3. The van der Waals surface area contributed by atoms with Gasteiger partial charge in [-0.25, -0.2) is 0 Å². The largest absolute Gasteiger partial charge is 0.481 e. The van der Waals surface area contributed by atoms with Crippen LogP contribution in [0.2, 0.25) is 0 Å². The van der Waals surface area contributed by atoms with Crippen molar-refractivity contribution in [2.75, 3.05) is 6.26 Å². The van der Waals surface area contributed by atoms with Crippen molar-refractivity contribution in [3.05, 3.63) is 0 Å². The van der Waals surface area contributed by atoms with E-state index in [1.807, 2.05) is 0 Å². The van der Waals surface area contributed by atoms with Gasteiger partial charge in [-0.1, -0.05) is 15.9 Å². The van der Waals surface area contributed by atoms with E-state index in [9.17, 15) is 4.79 Å². The van der Waals surface area contributed by atoms with E-state index in [0.29, 0.717) is 10.1 Å². The van der Waals surface area contributed by atoms with Gasteiger partial charge in [0.05, 0.1) is 5.92 Å². The van der Waals surface area contributed by atoms with E-state index in [4.69, 9.17) is 5.11 Å². The molecular weight excluding hydrogens is 240 g/mol. The molecular formula is C8H13BrO2S. The summed E-state index contributed by atoms with van der Waals surface area (Å²) in [5.41, 5.74) is 0. The molecule has 0 bridgehead atoms. The molecule has 0 aromatic heterocycles. The Balaban J connectivity index is 2.51. The molecule has 0 aromatic rings. The summed E-state index contributed by atoms with van der Waals surface area (Å²) >= 11 is 5.28. The van der Waals surface area contributed by atoms with Crippen molar-refractivity contribution in [2.45, 2.75) is 29.3 Å².